The molecule has 2 aromatic heterocycles. The molecule has 7 nitrogen and oxygen atoms in total. The summed E-state index contributed by atoms with van der Waals surface area (Å²) in [6.45, 7) is 6.80. The Labute approximate surface area is 203 Å². The maximum atomic E-state index is 13.8. The third kappa shape index (κ3) is 3.64. The van der Waals surface area contributed by atoms with Gasteiger partial charge < -0.3 is 14.4 Å². The van der Waals surface area contributed by atoms with Crippen LogP contribution >= 0.6 is 11.6 Å². The molecule has 0 N–H and O–H groups in total. The smallest absolute Gasteiger partial charge is 0.291 e. The number of carbonyl (C=O) groups excluding carboxylic acids is 1. The minimum atomic E-state index is -0.461. The molecule has 0 aliphatic carbocycles. The number of hydrogen-bond donors (Lipinski definition) is 0. The third-order valence-corrected chi connectivity index (χ3v) is 7.13. The molecule has 1 atom stereocenters. The van der Waals surface area contributed by atoms with Crippen molar-refractivity contribution in [2.24, 2.45) is 7.05 Å². The molecule has 1 aliphatic rings. The van der Waals surface area contributed by atoms with Crippen LogP contribution in [0.4, 0.5) is 5.69 Å². The minimum Gasteiger partial charge on any atom is -0.368 e. The molecule has 2 aromatic carbocycles. The first-order valence-corrected chi connectivity index (χ1v) is 12.0. The van der Waals surface area contributed by atoms with Crippen LogP contribution in [0.5, 0.6) is 0 Å². The first kappa shape index (κ1) is 22.5. The standard InChI is InChI=1S/C26H28ClN5O2/c1-4-21(25(33)31-13-11-30(12-14-31)23-15-18(27)10-9-17(23)2)32-22-8-6-5-7-19(22)20-16-28-29(3)26(34)24(20)32/h5-10,15-16,21H,4,11-14H2,1-3H3/t21-/m0/s1. The molecule has 1 saturated heterocycles. The van der Waals surface area contributed by atoms with Crippen LogP contribution in [0, 0.1) is 6.92 Å². The van der Waals surface area contributed by atoms with Gasteiger partial charge in [-0.3, -0.25) is 9.59 Å². The molecule has 5 rings (SSSR count). The lowest BCUT2D eigenvalue weighted by atomic mass is 10.1. The van der Waals surface area contributed by atoms with Crippen LogP contribution < -0.4 is 10.5 Å². The van der Waals surface area contributed by atoms with Gasteiger partial charge in [-0.15, -0.1) is 0 Å². The highest BCUT2D eigenvalue weighted by Gasteiger charge is 2.31. The topological polar surface area (TPSA) is 63.4 Å². The summed E-state index contributed by atoms with van der Waals surface area (Å²) in [4.78, 5) is 31.2. The summed E-state index contributed by atoms with van der Waals surface area (Å²) in [6, 6.07) is 13.3. The van der Waals surface area contributed by atoms with E-state index in [4.69, 9.17) is 11.6 Å². The molecular weight excluding hydrogens is 450 g/mol. The maximum absolute atomic E-state index is 13.8. The van der Waals surface area contributed by atoms with E-state index in [9.17, 15) is 9.59 Å². The van der Waals surface area contributed by atoms with Crippen molar-refractivity contribution in [3.05, 3.63) is 69.6 Å². The van der Waals surface area contributed by atoms with E-state index in [2.05, 4.69) is 16.9 Å². The number of aromatic nitrogens is 3. The molecule has 1 aliphatic heterocycles. The van der Waals surface area contributed by atoms with Gasteiger partial charge in [0, 0.05) is 54.7 Å². The van der Waals surface area contributed by atoms with Gasteiger partial charge in [0.2, 0.25) is 5.91 Å². The minimum absolute atomic E-state index is 0.0477. The van der Waals surface area contributed by atoms with Crippen molar-refractivity contribution >= 4 is 45.0 Å². The Morgan fingerprint density at radius 3 is 2.56 bits per heavy atom. The Morgan fingerprint density at radius 1 is 1.09 bits per heavy atom. The number of aryl methyl sites for hydroxylation is 2. The van der Waals surface area contributed by atoms with Crippen molar-refractivity contribution in [1.29, 1.82) is 0 Å². The van der Waals surface area contributed by atoms with Crippen LogP contribution in [0.3, 0.4) is 0 Å². The van der Waals surface area contributed by atoms with E-state index in [1.807, 2.05) is 58.9 Å². The van der Waals surface area contributed by atoms with Crippen molar-refractivity contribution in [3.8, 4) is 0 Å². The monoisotopic (exact) mass is 477 g/mol. The van der Waals surface area contributed by atoms with E-state index in [1.165, 1.54) is 10.2 Å². The van der Waals surface area contributed by atoms with Crippen LogP contribution in [0.15, 0.2) is 53.5 Å². The Hall–Kier alpha value is -3.32. The fraction of sp³-hybridized carbons (Fsp3) is 0.346. The summed E-state index contributed by atoms with van der Waals surface area (Å²) in [5, 5.41) is 6.66. The first-order valence-electron chi connectivity index (χ1n) is 11.7. The number of rotatable bonds is 4. The summed E-state index contributed by atoms with van der Waals surface area (Å²) in [5.41, 5.74) is 3.51. The number of para-hydroxylation sites is 1. The SMILES string of the molecule is CC[C@@H](C(=O)N1CCN(c2cc(Cl)ccc2C)CC1)n1c2ccccc2c2cnn(C)c(=O)c21. The Bertz CT molecular complexity index is 1450. The van der Waals surface area contributed by atoms with E-state index in [-0.39, 0.29) is 11.5 Å². The second kappa shape index (κ2) is 8.80. The number of anilines is 1. The van der Waals surface area contributed by atoms with E-state index < -0.39 is 6.04 Å². The highest BCUT2D eigenvalue weighted by molar-refractivity contribution is 6.30. The zero-order chi connectivity index (χ0) is 24.0. The normalized spacial score (nSPS) is 15.3. The van der Waals surface area contributed by atoms with Crippen molar-refractivity contribution in [3.63, 3.8) is 0 Å². The highest BCUT2D eigenvalue weighted by Crippen LogP contribution is 2.32. The van der Waals surface area contributed by atoms with E-state index >= 15 is 0 Å². The molecule has 0 saturated carbocycles. The lowest BCUT2D eigenvalue weighted by Crippen LogP contribution is -2.50. The number of fused-ring (bicyclic) bond motifs is 3. The van der Waals surface area contributed by atoms with Crippen molar-refractivity contribution in [1.82, 2.24) is 19.2 Å². The summed E-state index contributed by atoms with van der Waals surface area (Å²) >= 11 is 6.23. The number of benzene rings is 2. The molecule has 0 radical (unpaired) electrons. The number of piperazine rings is 1. The second-order valence-corrected chi connectivity index (χ2v) is 9.33. The predicted molar refractivity (Wildman–Crippen MR) is 137 cm³/mol. The van der Waals surface area contributed by atoms with Crippen LogP contribution in [-0.2, 0) is 11.8 Å². The molecular formula is C26H28ClN5O2. The van der Waals surface area contributed by atoms with Gasteiger partial charge >= 0.3 is 0 Å². The van der Waals surface area contributed by atoms with Crippen LogP contribution in [0.25, 0.3) is 21.8 Å². The van der Waals surface area contributed by atoms with Crippen LogP contribution in [-0.4, -0.2) is 51.3 Å². The van der Waals surface area contributed by atoms with Crippen LogP contribution in [0.2, 0.25) is 5.02 Å². The Balaban J connectivity index is 1.48. The average Bonchev–Trinajstić information content (AvgIpc) is 3.18. The van der Waals surface area contributed by atoms with E-state index in [0.717, 1.165) is 35.1 Å². The number of carbonyl (C=O) groups is 1. The summed E-state index contributed by atoms with van der Waals surface area (Å²) in [7, 11) is 1.64. The second-order valence-electron chi connectivity index (χ2n) is 8.89. The van der Waals surface area contributed by atoms with E-state index in [0.29, 0.717) is 30.0 Å². The molecule has 4 aromatic rings. The number of nitrogens with zero attached hydrogens (tertiary/aromatic N) is 5. The third-order valence-electron chi connectivity index (χ3n) is 6.89. The van der Waals surface area contributed by atoms with Crippen LogP contribution in [0.1, 0.15) is 24.9 Å². The molecule has 1 fully saturated rings. The lowest BCUT2D eigenvalue weighted by molar-refractivity contribution is -0.135. The molecule has 0 unspecified atom stereocenters. The molecule has 176 valence electrons. The van der Waals surface area contributed by atoms with Gasteiger partial charge in [-0.25, -0.2) is 4.68 Å². The molecule has 0 bridgehead atoms. The van der Waals surface area contributed by atoms with Crippen molar-refractivity contribution in [2.45, 2.75) is 26.3 Å². The molecule has 0 spiro atoms. The Morgan fingerprint density at radius 2 is 1.82 bits per heavy atom. The summed E-state index contributed by atoms with van der Waals surface area (Å²) in [6.07, 6.45) is 2.31. The summed E-state index contributed by atoms with van der Waals surface area (Å²) < 4.78 is 3.27. The molecule has 8 heteroatoms. The highest BCUT2D eigenvalue weighted by atomic mass is 35.5. The lowest BCUT2D eigenvalue weighted by Gasteiger charge is -2.38. The Kier molecular flexibility index (Phi) is 5.81. The predicted octanol–water partition coefficient (Wildman–Crippen LogP) is 4.15. The number of amides is 1. The molecule has 34 heavy (non-hydrogen) atoms. The van der Waals surface area contributed by atoms with Gasteiger partial charge in [-0.1, -0.05) is 42.8 Å². The van der Waals surface area contributed by atoms with Gasteiger partial charge in [0.15, 0.2) is 0 Å². The fourth-order valence-electron chi connectivity index (χ4n) is 5.08. The largest absolute Gasteiger partial charge is 0.368 e. The number of halogens is 1. The van der Waals surface area contributed by atoms with Crippen molar-refractivity contribution < 1.29 is 4.79 Å². The maximum Gasteiger partial charge on any atom is 0.291 e. The van der Waals surface area contributed by atoms with Gasteiger partial charge in [-0.05, 0) is 37.1 Å². The van der Waals surface area contributed by atoms with Gasteiger partial charge in [0.1, 0.15) is 11.6 Å². The van der Waals surface area contributed by atoms with E-state index in [1.54, 1.807) is 13.2 Å². The zero-order valence-electron chi connectivity index (χ0n) is 19.7. The van der Waals surface area contributed by atoms with Gasteiger partial charge in [0.25, 0.3) is 5.56 Å². The van der Waals surface area contributed by atoms with Gasteiger partial charge in [0.05, 0.1) is 11.7 Å². The fourth-order valence-corrected chi connectivity index (χ4v) is 5.25. The summed E-state index contributed by atoms with van der Waals surface area (Å²) in [5.74, 6) is 0.0477. The number of hydrogen-bond acceptors (Lipinski definition) is 4. The molecule has 1 amide bonds. The quantitative estimate of drug-likeness (QED) is 0.443. The van der Waals surface area contributed by atoms with Crippen molar-refractivity contribution in [2.75, 3.05) is 31.1 Å². The zero-order valence-corrected chi connectivity index (χ0v) is 20.4. The first-order chi connectivity index (χ1) is 16.4. The van der Waals surface area contributed by atoms with Gasteiger partial charge in [-0.2, -0.15) is 5.10 Å². The average molecular weight is 478 g/mol. The molecule has 3 heterocycles.